The van der Waals surface area contributed by atoms with Crippen molar-refractivity contribution in [3.8, 4) is 5.75 Å². The number of benzene rings is 1. The van der Waals surface area contributed by atoms with E-state index in [1.165, 1.54) is 6.07 Å². The standard InChI is InChI=1S/C13H16N4O3S/c1-2-12-14-13(16-15-12)17-21(18,19)10-5-6-11-9(8-10)4-3-7-20-11/h5-6,8H,2-4,7H2,1H3,(H2,14,15,16,17). The van der Waals surface area contributed by atoms with E-state index in [2.05, 4.69) is 19.9 Å². The lowest BCUT2D eigenvalue weighted by Gasteiger charge is -2.17. The topological polar surface area (TPSA) is 97.0 Å². The minimum absolute atomic E-state index is 0.0563. The van der Waals surface area contributed by atoms with Gasteiger partial charge in [-0.15, -0.1) is 5.10 Å². The highest BCUT2D eigenvalue weighted by molar-refractivity contribution is 7.92. The highest BCUT2D eigenvalue weighted by Crippen LogP contribution is 2.27. The van der Waals surface area contributed by atoms with E-state index in [4.69, 9.17) is 4.74 Å². The highest BCUT2D eigenvalue weighted by atomic mass is 32.2. The molecule has 0 aliphatic carbocycles. The summed E-state index contributed by atoms with van der Waals surface area (Å²) in [5, 5.41) is 6.51. The van der Waals surface area contributed by atoms with E-state index in [0.717, 1.165) is 24.2 Å². The van der Waals surface area contributed by atoms with Crippen LogP contribution in [0.3, 0.4) is 0 Å². The molecule has 1 aliphatic heterocycles. The van der Waals surface area contributed by atoms with Gasteiger partial charge in [-0.05, 0) is 36.6 Å². The Morgan fingerprint density at radius 3 is 3.05 bits per heavy atom. The summed E-state index contributed by atoms with van der Waals surface area (Å²) in [5.41, 5.74) is 0.911. The molecule has 1 aromatic carbocycles. The van der Waals surface area contributed by atoms with Crippen LogP contribution in [0.4, 0.5) is 5.95 Å². The Balaban J connectivity index is 1.87. The molecule has 112 valence electrons. The van der Waals surface area contributed by atoms with Crippen molar-refractivity contribution >= 4 is 16.0 Å². The summed E-state index contributed by atoms with van der Waals surface area (Å²) in [4.78, 5) is 4.23. The first-order chi connectivity index (χ1) is 10.1. The van der Waals surface area contributed by atoms with E-state index < -0.39 is 10.0 Å². The fraction of sp³-hybridized carbons (Fsp3) is 0.385. The van der Waals surface area contributed by atoms with Crippen molar-refractivity contribution in [2.75, 3.05) is 11.3 Å². The number of aryl methyl sites for hydroxylation is 2. The zero-order chi connectivity index (χ0) is 14.9. The Kier molecular flexibility index (Phi) is 3.54. The third-order valence-corrected chi connectivity index (χ3v) is 4.61. The molecule has 21 heavy (non-hydrogen) atoms. The first kappa shape index (κ1) is 13.9. The van der Waals surface area contributed by atoms with Gasteiger partial charge in [-0.1, -0.05) is 6.92 Å². The number of hydrogen-bond acceptors (Lipinski definition) is 5. The number of hydrogen-bond donors (Lipinski definition) is 2. The summed E-state index contributed by atoms with van der Waals surface area (Å²) in [6, 6.07) is 4.86. The van der Waals surface area contributed by atoms with Gasteiger partial charge < -0.3 is 4.74 Å². The van der Waals surface area contributed by atoms with Gasteiger partial charge in [0.05, 0.1) is 11.5 Å². The van der Waals surface area contributed by atoms with Crippen LogP contribution >= 0.6 is 0 Å². The van der Waals surface area contributed by atoms with Crippen LogP contribution in [0.5, 0.6) is 5.75 Å². The van der Waals surface area contributed by atoms with Gasteiger partial charge in [-0.3, -0.25) is 5.10 Å². The molecule has 3 rings (SSSR count). The van der Waals surface area contributed by atoms with Crippen LogP contribution < -0.4 is 9.46 Å². The largest absolute Gasteiger partial charge is 0.493 e. The molecule has 0 radical (unpaired) electrons. The van der Waals surface area contributed by atoms with Crippen molar-refractivity contribution in [1.82, 2.24) is 15.2 Å². The summed E-state index contributed by atoms with van der Waals surface area (Å²) >= 11 is 0. The molecular weight excluding hydrogens is 292 g/mol. The Hall–Kier alpha value is -2.09. The van der Waals surface area contributed by atoms with Crippen LogP contribution in [0.2, 0.25) is 0 Å². The number of rotatable bonds is 4. The van der Waals surface area contributed by atoms with Crippen molar-refractivity contribution in [2.45, 2.75) is 31.1 Å². The predicted molar refractivity (Wildman–Crippen MR) is 76.8 cm³/mol. The maximum atomic E-state index is 12.3. The molecule has 1 aromatic heterocycles. The van der Waals surface area contributed by atoms with E-state index in [-0.39, 0.29) is 10.8 Å². The fourth-order valence-corrected chi connectivity index (χ4v) is 3.18. The van der Waals surface area contributed by atoms with Gasteiger partial charge in [0.25, 0.3) is 16.0 Å². The minimum Gasteiger partial charge on any atom is -0.493 e. The van der Waals surface area contributed by atoms with E-state index in [1.54, 1.807) is 12.1 Å². The fourth-order valence-electron chi connectivity index (χ4n) is 2.18. The summed E-state index contributed by atoms with van der Waals surface area (Å²) < 4.78 is 32.5. The number of H-pyrrole nitrogens is 1. The van der Waals surface area contributed by atoms with E-state index >= 15 is 0 Å². The highest BCUT2D eigenvalue weighted by Gasteiger charge is 2.20. The monoisotopic (exact) mass is 308 g/mol. The smallest absolute Gasteiger partial charge is 0.264 e. The second-order valence-corrected chi connectivity index (χ2v) is 6.47. The molecule has 1 aliphatic rings. The molecule has 0 atom stereocenters. The Morgan fingerprint density at radius 2 is 2.29 bits per heavy atom. The molecule has 2 heterocycles. The Labute approximate surface area is 122 Å². The Bertz CT molecular complexity index is 755. The van der Waals surface area contributed by atoms with Crippen molar-refractivity contribution in [3.63, 3.8) is 0 Å². The number of aromatic amines is 1. The number of sulfonamides is 1. The van der Waals surface area contributed by atoms with Gasteiger partial charge in [-0.25, -0.2) is 13.1 Å². The van der Waals surface area contributed by atoms with Gasteiger partial charge in [-0.2, -0.15) is 4.98 Å². The zero-order valence-corrected chi connectivity index (χ0v) is 12.4. The van der Waals surface area contributed by atoms with E-state index in [1.807, 2.05) is 6.92 Å². The summed E-state index contributed by atoms with van der Waals surface area (Å²) in [5.74, 6) is 1.44. The summed E-state index contributed by atoms with van der Waals surface area (Å²) in [7, 11) is -3.69. The lowest BCUT2D eigenvalue weighted by molar-refractivity contribution is 0.288. The minimum atomic E-state index is -3.69. The molecule has 7 nitrogen and oxygen atoms in total. The summed E-state index contributed by atoms with van der Waals surface area (Å²) in [6.07, 6.45) is 2.37. The van der Waals surface area contributed by atoms with Crippen LogP contribution in [0.15, 0.2) is 23.1 Å². The van der Waals surface area contributed by atoms with E-state index in [9.17, 15) is 8.42 Å². The molecule has 0 spiro atoms. The molecule has 0 amide bonds. The molecule has 0 saturated heterocycles. The van der Waals surface area contributed by atoms with Crippen molar-refractivity contribution in [1.29, 1.82) is 0 Å². The predicted octanol–water partition coefficient (Wildman–Crippen LogP) is 1.49. The number of fused-ring (bicyclic) bond motifs is 1. The second kappa shape index (κ2) is 5.36. The van der Waals surface area contributed by atoms with Crippen molar-refractivity contribution < 1.29 is 13.2 Å². The molecule has 2 aromatic rings. The van der Waals surface area contributed by atoms with Gasteiger partial charge in [0.2, 0.25) is 0 Å². The normalized spacial score (nSPS) is 14.3. The lowest BCUT2D eigenvalue weighted by atomic mass is 10.1. The SMILES string of the molecule is CCc1nc(NS(=O)(=O)c2ccc3c(c2)CCCO3)n[nH]1. The van der Waals surface area contributed by atoms with Gasteiger partial charge in [0.15, 0.2) is 0 Å². The van der Waals surface area contributed by atoms with Crippen molar-refractivity contribution in [3.05, 3.63) is 29.6 Å². The lowest BCUT2D eigenvalue weighted by Crippen LogP contribution is -2.15. The third-order valence-electron chi connectivity index (χ3n) is 3.28. The maximum absolute atomic E-state index is 12.3. The maximum Gasteiger partial charge on any atom is 0.264 e. The molecule has 0 bridgehead atoms. The van der Waals surface area contributed by atoms with E-state index in [0.29, 0.717) is 18.9 Å². The molecule has 2 N–H and O–H groups in total. The van der Waals surface area contributed by atoms with Crippen LogP contribution in [0, 0.1) is 0 Å². The van der Waals surface area contributed by atoms with Crippen LogP contribution in [0.1, 0.15) is 24.7 Å². The van der Waals surface area contributed by atoms with Crippen LogP contribution in [-0.2, 0) is 22.9 Å². The van der Waals surface area contributed by atoms with Crippen molar-refractivity contribution in [2.24, 2.45) is 0 Å². The first-order valence-electron chi connectivity index (χ1n) is 6.78. The average molecular weight is 308 g/mol. The first-order valence-corrected chi connectivity index (χ1v) is 8.26. The quantitative estimate of drug-likeness (QED) is 0.892. The van der Waals surface area contributed by atoms with Crippen LogP contribution in [-0.4, -0.2) is 30.2 Å². The molecule has 0 saturated carbocycles. The van der Waals surface area contributed by atoms with Crippen LogP contribution in [0.25, 0.3) is 0 Å². The molecular formula is C13H16N4O3S. The van der Waals surface area contributed by atoms with Gasteiger partial charge >= 0.3 is 0 Å². The number of anilines is 1. The molecule has 0 unspecified atom stereocenters. The zero-order valence-electron chi connectivity index (χ0n) is 11.6. The van der Waals surface area contributed by atoms with Gasteiger partial charge in [0, 0.05) is 6.42 Å². The molecule has 0 fully saturated rings. The molecule has 8 heteroatoms. The Morgan fingerprint density at radius 1 is 1.43 bits per heavy atom. The average Bonchev–Trinajstić information content (AvgIpc) is 2.93. The van der Waals surface area contributed by atoms with Gasteiger partial charge in [0.1, 0.15) is 11.6 Å². The number of aromatic nitrogens is 3. The number of nitrogens with one attached hydrogen (secondary N) is 2. The summed E-state index contributed by atoms with van der Waals surface area (Å²) in [6.45, 7) is 2.58. The third kappa shape index (κ3) is 2.85. The number of ether oxygens (including phenoxy) is 1. The number of nitrogens with zero attached hydrogens (tertiary/aromatic N) is 2. The second-order valence-electron chi connectivity index (χ2n) is 4.79.